The normalized spacial score (nSPS) is 42.4. The second-order valence-electron chi connectivity index (χ2n) is 5.98. The third kappa shape index (κ3) is 1.73. The van der Waals surface area contributed by atoms with Gasteiger partial charge in [0.15, 0.2) is 0 Å². The molecular formula is C15H21O2P. The molecule has 1 aliphatic heterocycles. The number of hydrogen-bond acceptors (Lipinski definition) is 2. The van der Waals surface area contributed by atoms with Crippen molar-refractivity contribution in [2.75, 3.05) is 19.9 Å². The lowest BCUT2D eigenvalue weighted by atomic mass is 9.72. The van der Waals surface area contributed by atoms with Gasteiger partial charge in [-0.2, -0.15) is 0 Å². The maximum Gasteiger partial charge on any atom is 0.114 e. The molecule has 1 saturated carbocycles. The van der Waals surface area contributed by atoms with Crippen LogP contribution in [0.1, 0.15) is 19.8 Å². The van der Waals surface area contributed by atoms with Gasteiger partial charge in [-0.05, 0) is 44.5 Å². The summed E-state index contributed by atoms with van der Waals surface area (Å²) in [5.74, 6) is 1.99. The first-order chi connectivity index (χ1) is 8.53. The fourth-order valence-electron chi connectivity index (χ4n) is 3.98. The summed E-state index contributed by atoms with van der Waals surface area (Å²) < 4.78 is 18.0. The molecule has 4 unspecified atom stereocenters. The van der Waals surface area contributed by atoms with Gasteiger partial charge in [-0.15, -0.1) is 0 Å². The van der Waals surface area contributed by atoms with Crippen molar-refractivity contribution in [2.45, 2.75) is 25.4 Å². The van der Waals surface area contributed by atoms with E-state index in [0.29, 0.717) is 17.5 Å². The summed E-state index contributed by atoms with van der Waals surface area (Å²) in [4.78, 5) is 0. The minimum absolute atomic E-state index is 0.362. The second kappa shape index (κ2) is 4.13. The van der Waals surface area contributed by atoms with E-state index < -0.39 is 7.14 Å². The van der Waals surface area contributed by atoms with Crippen molar-refractivity contribution in [1.29, 1.82) is 0 Å². The number of fused-ring (bicyclic) bond motifs is 3. The van der Waals surface area contributed by atoms with E-state index in [-0.39, 0.29) is 0 Å². The van der Waals surface area contributed by atoms with Gasteiger partial charge in [0.05, 0.1) is 14.3 Å². The van der Waals surface area contributed by atoms with Crippen molar-refractivity contribution in [2.24, 2.45) is 11.8 Å². The molecule has 0 saturated heterocycles. The van der Waals surface area contributed by atoms with E-state index in [1.165, 1.54) is 11.1 Å². The van der Waals surface area contributed by atoms with Gasteiger partial charge < -0.3 is 9.30 Å². The molecule has 4 atom stereocenters. The molecular weight excluding hydrogens is 243 g/mol. The minimum atomic E-state index is -1.98. The molecule has 0 radical (unpaired) electrons. The van der Waals surface area contributed by atoms with Crippen LogP contribution in [-0.4, -0.2) is 25.6 Å². The molecule has 3 aliphatic rings. The zero-order valence-corrected chi connectivity index (χ0v) is 12.2. The van der Waals surface area contributed by atoms with Crippen molar-refractivity contribution >= 4 is 7.14 Å². The number of methoxy groups -OCH3 is 1. The zero-order chi connectivity index (χ0) is 12.9. The lowest BCUT2D eigenvalue weighted by molar-refractivity contribution is 0.289. The van der Waals surface area contributed by atoms with Crippen molar-refractivity contribution in [3.05, 3.63) is 35.1 Å². The van der Waals surface area contributed by atoms with E-state index in [0.717, 1.165) is 24.8 Å². The molecule has 2 nitrogen and oxygen atoms in total. The fraction of sp³-hybridized carbons (Fsp3) is 0.600. The molecule has 3 heteroatoms. The van der Waals surface area contributed by atoms with Crippen LogP contribution in [0.4, 0.5) is 0 Å². The summed E-state index contributed by atoms with van der Waals surface area (Å²) in [6.07, 6.45) is 9.65. The summed E-state index contributed by atoms with van der Waals surface area (Å²) in [6, 6.07) is 0. The van der Waals surface area contributed by atoms with Gasteiger partial charge >= 0.3 is 0 Å². The Hall–Kier alpha value is -0.750. The van der Waals surface area contributed by atoms with Crippen LogP contribution in [-0.2, 0) is 9.30 Å². The Bertz CT molecular complexity index is 513. The van der Waals surface area contributed by atoms with Gasteiger partial charge in [0.25, 0.3) is 0 Å². The quantitative estimate of drug-likeness (QED) is 0.532. The SMILES string of the molecule is COC1=CC2CCC3C(=C(C)CP3(C)=O)C2C=C1. The van der Waals surface area contributed by atoms with Crippen LogP contribution in [0, 0.1) is 11.8 Å². The first kappa shape index (κ1) is 12.3. The van der Waals surface area contributed by atoms with Gasteiger partial charge in [0, 0.05) is 17.7 Å². The molecule has 0 aromatic heterocycles. The average Bonchev–Trinajstić information content (AvgIpc) is 2.59. The Morgan fingerprint density at radius 1 is 1.39 bits per heavy atom. The third-order valence-electron chi connectivity index (χ3n) is 4.74. The molecule has 3 rings (SSSR count). The maximum atomic E-state index is 12.7. The van der Waals surface area contributed by atoms with E-state index in [1.54, 1.807) is 7.11 Å². The minimum Gasteiger partial charge on any atom is -0.497 e. The highest BCUT2D eigenvalue weighted by atomic mass is 31.2. The Balaban J connectivity index is 1.97. The smallest absolute Gasteiger partial charge is 0.114 e. The van der Waals surface area contributed by atoms with E-state index in [4.69, 9.17) is 4.74 Å². The highest BCUT2D eigenvalue weighted by Crippen LogP contribution is 2.63. The predicted molar refractivity (Wildman–Crippen MR) is 75.3 cm³/mol. The molecule has 0 spiro atoms. The number of ether oxygens (including phenoxy) is 1. The third-order valence-corrected chi connectivity index (χ3v) is 7.70. The van der Waals surface area contributed by atoms with Crippen LogP contribution in [0.5, 0.6) is 0 Å². The number of rotatable bonds is 1. The van der Waals surface area contributed by atoms with Gasteiger partial charge in [-0.3, -0.25) is 0 Å². The van der Waals surface area contributed by atoms with Crippen molar-refractivity contribution < 1.29 is 9.30 Å². The Morgan fingerprint density at radius 3 is 2.89 bits per heavy atom. The molecule has 2 aliphatic carbocycles. The summed E-state index contributed by atoms with van der Waals surface area (Å²) in [6.45, 7) is 4.18. The second-order valence-corrected chi connectivity index (χ2v) is 9.27. The molecule has 0 aromatic carbocycles. The number of hydrogen-bond donors (Lipinski definition) is 0. The van der Waals surface area contributed by atoms with Crippen LogP contribution < -0.4 is 0 Å². The molecule has 1 fully saturated rings. The molecule has 1 heterocycles. The lowest BCUT2D eigenvalue weighted by Gasteiger charge is -2.37. The maximum absolute atomic E-state index is 12.7. The van der Waals surface area contributed by atoms with E-state index in [9.17, 15) is 4.57 Å². The lowest BCUT2D eigenvalue weighted by Crippen LogP contribution is -2.28. The molecule has 0 N–H and O–H groups in total. The van der Waals surface area contributed by atoms with Crippen LogP contribution in [0.15, 0.2) is 35.1 Å². The van der Waals surface area contributed by atoms with Gasteiger partial charge in [0.2, 0.25) is 0 Å². The van der Waals surface area contributed by atoms with Crippen molar-refractivity contribution in [3.63, 3.8) is 0 Å². The molecule has 18 heavy (non-hydrogen) atoms. The number of allylic oxidation sites excluding steroid dienone is 5. The van der Waals surface area contributed by atoms with Crippen LogP contribution in [0.25, 0.3) is 0 Å². The Morgan fingerprint density at radius 2 is 2.17 bits per heavy atom. The van der Waals surface area contributed by atoms with E-state index >= 15 is 0 Å². The molecule has 0 aromatic rings. The molecule has 98 valence electrons. The zero-order valence-electron chi connectivity index (χ0n) is 11.3. The van der Waals surface area contributed by atoms with E-state index in [1.807, 2.05) is 6.66 Å². The Labute approximate surface area is 109 Å². The Kier molecular flexibility index (Phi) is 2.82. The first-order valence-electron chi connectivity index (χ1n) is 6.72. The topological polar surface area (TPSA) is 26.3 Å². The van der Waals surface area contributed by atoms with Gasteiger partial charge in [-0.25, -0.2) is 0 Å². The summed E-state index contributed by atoms with van der Waals surface area (Å²) in [7, 11) is -0.252. The average molecular weight is 264 g/mol. The fourth-order valence-corrected chi connectivity index (χ4v) is 7.00. The highest BCUT2D eigenvalue weighted by Gasteiger charge is 2.45. The first-order valence-corrected chi connectivity index (χ1v) is 9.13. The van der Waals surface area contributed by atoms with Crippen molar-refractivity contribution in [3.8, 4) is 0 Å². The monoisotopic (exact) mass is 264 g/mol. The van der Waals surface area contributed by atoms with E-state index in [2.05, 4.69) is 25.2 Å². The predicted octanol–water partition coefficient (Wildman–Crippen LogP) is 3.80. The molecule has 0 bridgehead atoms. The van der Waals surface area contributed by atoms with Crippen LogP contribution >= 0.6 is 7.14 Å². The van der Waals surface area contributed by atoms with Gasteiger partial charge in [0.1, 0.15) is 5.76 Å². The standard InChI is InChI=1S/C15H21O2P/c1-10-9-18(3,16)14-7-4-11-8-12(17-2)5-6-13(11)15(10)14/h5-6,8,11,13-14H,4,7,9H2,1-3H3. The summed E-state index contributed by atoms with van der Waals surface area (Å²) in [5.41, 5.74) is 3.24. The van der Waals surface area contributed by atoms with Crippen LogP contribution in [0.3, 0.4) is 0 Å². The summed E-state index contributed by atoms with van der Waals surface area (Å²) in [5, 5.41) is 0. The van der Waals surface area contributed by atoms with Crippen molar-refractivity contribution in [1.82, 2.24) is 0 Å². The van der Waals surface area contributed by atoms with Crippen LogP contribution in [0.2, 0.25) is 0 Å². The highest BCUT2D eigenvalue weighted by molar-refractivity contribution is 7.64. The summed E-state index contributed by atoms with van der Waals surface area (Å²) >= 11 is 0. The van der Waals surface area contributed by atoms with Gasteiger partial charge in [-0.1, -0.05) is 17.2 Å². The largest absolute Gasteiger partial charge is 0.497 e. The molecule has 0 amide bonds.